The van der Waals surface area contributed by atoms with Crippen LogP contribution in [0.3, 0.4) is 0 Å². The van der Waals surface area contributed by atoms with Gasteiger partial charge in [0.25, 0.3) is 0 Å². The third-order valence-corrected chi connectivity index (χ3v) is 1.59. The van der Waals surface area contributed by atoms with E-state index in [4.69, 9.17) is 10.2 Å². The number of nitrogens with one attached hydrogen (secondary N) is 3. The first kappa shape index (κ1) is 13.4. The van der Waals surface area contributed by atoms with Gasteiger partial charge in [-0.25, -0.2) is 0 Å². The molecule has 84 valence electrons. The topological polar surface area (TPSA) is 69.5 Å². The summed E-state index contributed by atoms with van der Waals surface area (Å²) in [5.74, 6) is 0.700. The van der Waals surface area contributed by atoms with Crippen molar-refractivity contribution in [1.29, 1.82) is 5.41 Å². The van der Waals surface area contributed by atoms with Crippen LogP contribution in [-0.2, 0) is 4.84 Å². The van der Waals surface area contributed by atoms with Gasteiger partial charge in [-0.05, 0) is 19.4 Å². The first-order valence-corrected chi connectivity index (χ1v) is 4.56. The molecule has 0 aromatic heterocycles. The second kappa shape index (κ2) is 7.75. The summed E-state index contributed by atoms with van der Waals surface area (Å²) < 4.78 is 0. The summed E-state index contributed by atoms with van der Waals surface area (Å²) in [7, 11) is 3.39. The molecule has 0 amide bonds. The van der Waals surface area contributed by atoms with Gasteiger partial charge in [0, 0.05) is 32.1 Å². The molecule has 15 heavy (non-hydrogen) atoms. The Bertz CT molecular complexity index is 292. The fraction of sp³-hybridized carbons (Fsp3) is 0.400. The van der Waals surface area contributed by atoms with E-state index < -0.39 is 0 Å². The van der Waals surface area contributed by atoms with Crippen molar-refractivity contribution in [2.45, 2.75) is 13.8 Å². The zero-order valence-electron chi connectivity index (χ0n) is 9.59. The quantitative estimate of drug-likeness (QED) is 0.203. The van der Waals surface area contributed by atoms with E-state index in [1.165, 1.54) is 0 Å². The lowest BCUT2D eigenvalue weighted by Gasteiger charge is -2.07. The molecule has 0 saturated carbocycles. The van der Waals surface area contributed by atoms with Crippen molar-refractivity contribution < 1.29 is 4.84 Å². The highest BCUT2D eigenvalue weighted by Gasteiger charge is 1.97. The summed E-state index contributed by atoms with van der Waals surface area (Å²) in [5, 5.41) is 9.81. The zero-order chi connectivity index (χ0) is 11.7. The van der Waals surface area contributed by atoms with Gasteiger partial charge in [-0.2, -0.15) is 5.48 Å². The fourth-order valence-electron chi connectivity index (χ4n) is 1.00. The van der Waals surface area contributed by atoms with Crippen molar-refractivity contribution >= 4 is 12.6 Å². The number of nitrogens with zero attached hydrogens (tertiary/aromatic N) is 1. The standard InChI is InChI=1S/C10H18N4O/c1-8(6-12-3)10(14-7-11)5-9(2)15-13-4/h5-7,13H,1-4H3,(H2,11,14)/b9-5+,10-8?,12-6?. The smallest absolute Gasteiger partial charge is 0.123 e. The van der Waals surface area contributed by atoms with Crippen LogP contribution in [0.2, 0.25) is 0 Å². The fourth-order valence-corrected chi connectivity index (χ4v) is 1.00. The Morgan fingerprint density at radius 1 is 1.40 bits per heavy atom. The van der Waals surface area contributed by atoms with Crippen molar-refractivity contribution in [3.05, 3.63) is 23.1 Å². The average molecular weight is 210 g/mol. The number of rotatable bonds is 6. The molecular weight excluding hydrogens is 192 g/mol. The molecule has 0 fully saturated rings. The summed E-state index contributed by atoms with van der Waals surface area (Å²) in [5.41, 5.74) is 4.29. The molecule has 0 rings (SSSR count). The van der Waals surface area contributed by atoms with Gasteiger partial charge in [0.2, 0.25) is 0 Å². The van der Waals surface area contributed by atoms with Crippen LogP contribution in [0.4, 0.5) is 0 Å². The lowest BCUT2D eigenvalue weighted by atomic mass is 10.2. The molecule has 0 aromatic carbocycles. The maximum atomic E-state index is 7.00. The molecule has 5 nitrogen and oxygen atoms in total. The minimum Gasteiger partial charge on any atom is -0.414 e. The van der Waals surface area contributed by atoms with E-state index in [0.717, 1.165) is 17.6 Å². The molecule has 0 aliphatic carbocycles. The van der Waals surface area contributed by atoms with Gasteiger partial charge < -0.3 is 10.2 Å². The maximum absolute atomic E-state index is 7.00. The Morgan fingerprint density at radius 3 is 2.53 bits per heavy atom. The molecule has 0 saturated heterocycles. The van der Waals surface area contributed by atoms with Crippen LogP contribution in [0.1, 0.15) is 13.8 Å². The number of hydroxylamine groups is 1. The molecule has 0 heterocycles. The first-order valence-electron chi connectivity index (χ1n) is 4.56. The van der Waals surface area contributed by atoms with Crippen LogP contribution >= 0.6 is 0 Å². The van der Waals surface area contributed by atoms with Gasteiger partial charge in [-0.1, -0.05) is 0 Å². The Labute approximate surface area is 90.4 Å². The van der Waals surface area contributed by atoms with E-state index in [1.54, 1.807) is 26.4 Å². The molecule has 0 aliphatic heterocycles. The SMILES string of the molecule is CN=CC(C)=C(/C=C(\C)ONC)NC=N. The molecule has 0 bridgehead atoms. The largest absolute Gasteiger partial charge is 0.414 e. The highest BCUT2D eigenvalue weighted by Crippen LogP contribution is 2.04. The molecular formula is C10H18N4O. The van der Waals surface area contributed by atoms with Crippen LogP contribution in [0, 0.1) is 5.41 Å². The lowest BCUT2D eigenvalue weighted by Crippen LogP contribution is -2.12. The van der Waals surface area contributed by atoms with Gasteiger partial charge in [0.05, 0.1) is 6.34 Å². The van der Waals surface area contributed by atoms with Gasteiger partial charge in [-0.3, -0.25) is 10.4 Å². The molecule has 0 aliphatic rings. The van der Waals surface area contributed by atoms with Crippen molar-refractivity contribution in [2.24, 2.45) is 4.99 Å². The van der Waals surface area contributed by atoms with E-state index in [9.17, 15) is 0 Å². The van der Waals surface area contributed by atoms with Crippen molar-refractivity contribution in [2.75, 3.05) is 14.1 Å². The summed E-state index contributed by atoms with van der Waals surface area (Å²) in [6, 6.07) is 0. The van der Waals surface area contributed by atoms with Crippen molar-refractivity contribution in [3.8, 4) is 0 Å². The molecule has 0 radical (unpaired) electrons. The zero-order valence-corrected chi connectivity index (χ0v) is 9.59. The van der Waals surface area contributed by atoms with Gasteiger partial charge in [0.1, 0.15) is 5.76 Å². The number of hydrogen-bond acceptors (Lipinski definition) is 4. The summed E-state index contributed by atoms with van der Waals surface area (Å²) in [6.45, 7) is 3.72. The van der Waals surface area contributed by atoms with E-state index in [-0.39, 0.29) is 0 Å². The van der Waals surface area contributed by atoms with E-state index >= 15 is 0 Å². The van der Waals surface area contributed by atoms with E-state index in [0.29, 0.717) is 5.76 Å². The third kappa shape index (κ3) is 5.64. The van der Waals surface area contributed by atoms with Crippen molar-refractivity contribution in [1.82, 2.24) is 10.8 Å². The normalized spacial score (nSPS) is 13.7. The predicted molar refractivity (Wildman–Crippen MR) is 62.9 cm³/mol. The van der Waals surface area contributed by atoms with Crippen LogP contribution in [0.5, 0.6) is 0 Å². The molecule has 3 N–H and O–H groups in total. The van der Waals surface area contributed by atoms with Crippen LogP contribution in [0.15, 0.2) is 28.1 Å². The lowest BCUT2D eigenvalue weighted by molar-refractivity contribution is 0.128. The second-order valence-electron chi connectivity index (χ2n) is 2.83. The second-order valence-corrected chi connectivity index (χ2v) is 2.83. The Kier molecular flexibility index (Phi) is 6.92. The highest BCUT2D eigenvalue weighted by atomic mass is 16.6. The summed E-state index contributed by atoms with van der Waals surface area (Å²) >= 11 is 0. The van der Waals surface area contributed by atoms with E-state index in [1.807, 2.05) is 13.8 Å². The minimum atomic E-state index is 0.700. The third-order valence-electron chi connectivity index (χ3n) is 1.59. The number of allylic oxidation sites excluding steroid dienone is 3. The maximum Gasteiger partial charge on any atom is 0.123 e. The molecule has 0 atom stereocenters. The number of aliphatic imine (C=N–C) groups is 1. The van der Waals surface area contributed by atoms with Crippen LogP contribution < -0.4 is 10.8 Å². The monoisotopic (exact) mass is 210 g/mol. The summed E-state index contributed by atoms with van der Waals surface area (Å²) in [6.07, 6.45) is 4.62. The molecule has 5 heteroatoms. The molecule has 0 spiro atoms. The molecule has 0 aromatic rings. The Balaban J connectivity index is 4.88. The minimum absolute atomic E-state index is 0.700. The predicted octanol–water partition coefficient (Wildman–Crippen LogP) is 1.21. The van der Waals surface area contributed by atoms with E-state index in [2.05, 4.69) is 15.8 Å². The molecule has 0 unspecified atom stereocenters. The van der Waals surface area contributed by atoms with Crippen LogP contribution in [0.25, 0.3) is 0 Å². The van der Waals surface area contributed by atoms with Gasteiger partial charge >= 0.3 is 0 Å². The highest BCUT2D eigenvalue weighted by molar-refractivity contribution is 5.80. The van der Waals surface area contributed by atoms with Crippen molar-refractivity contribution in [3.63, 3.8) is 0 Å². The summed E-state index contributed by atoms with van der Waals surface area (Å²) in [4.78, 5) is 8.97. The number of hydrogen-bond donors (Lipinski definition) is 3. The Morgan fingerprint density at radius 2 is 2.07 bits per heavy atom. The average Bonchev–Trinajstić information content (AvgIpc) is 2.18. The van der Waals surface area contributed by atoms with Gasteiger partial charge in [0.15, 0.2) is 0 Å². The first-order chi connectivity index (χ1) is 7.15. The van der Waals surface area contributed by atoms with Gasteiger partial charge in [-0.15, -0.1) is 0 Å². The van der Waals surface area contributed by atoms with Crippen LogP contribution in [-0.4, -0.2) is 26.6 Å². The Hall–Kier alpha value is -1.62.